The molecule has 0 aliphatic rings. The number of nitrogens with zero attached hydrogens (tertiary/aromatic N) is 1. The van der Waals surface area contributed by atoms with Crippen molar-refractivity contribution in [2.45, 2.75) is 25.9 Å². The molecule has 0 saturated carbocycles. The van der Waals surface area contributed by atoms with Crippen molar-refractivity contribution in [1.82, 2.24) is 4.90 Å². The van der Waals surface area contributed by atoms with Crippen molar-refractivity contribution in [3.63, 3.8) is 0 Å². The fraction of sp³-hybridized carbons (Fsp3) is 0.316. The highest BCUT2D eigenvalue weighted by Crippen LogP contribution is 2.25. The number of halogens is 1. The van der Waals surface area contributed by atoms with E-state index in [-0.39, 0.29) is 36.3 Å². The van der Waals surface area contributed by atoms with Gasteiger partial charge < -0.3 is 10.6 Å². The van der Waals surface area contributed by atoms with E-state index in [1.165, 1.54) is 0 Å². The second-order valence-corrected chi connectivity index (χ2v) is 5.76. The first-order valence-electron chi connectivity index (χ1n) is 7.64. The molecule has 0 aliphatic heterocycles. The number of nitrogens with two attached hydrogens (primary N) is 1. The minimum absolute atomic E-state index is 0. The van der Waals surface area contributed by atoms with Crippen molar-refractivity contribution in [2.24, 2.45) is 11.7 Å². The minimum Gasteiger partial charge on any atom is -0.339 e. The van der Waals surface area contributed by atoms with E-state index < -0.39 is 0 Å². The number of rotatable bonds is 5. The van der Waals surface area contributed by atoms with Gasteiger partial charge >= 0.3 is 0 Å². The van der Waals surface area contributed by atoms with Crippen LogP contribution in [0.2, 0.25) is 0 Å². The van der Waals surface area contributed by atoms with Crippen LogP contribution >= 0.6 is 12.4 Å². The zero-order valence-electron chi connectivity index (χ0n) is 13.8. The van der Waals surface area contributed by atoms with E-state index in [1.807, 2.05) is 81.6 Å². The maximum atomic E-state index is 12.7. The van der Waals surface area contributed by atoms with Crippen LogP contribution in [-0.2, 0) is 4.79 Å². The highest BCUT2D eigenvalue weighted by atomic mass is 35.5. The van der Waals surface area contributed by atoms with Gasteiger partial charge in [-0.25, -0.2) is 0 Å². The van der Waals surface area contributed by atoms with Gasteiger partial charge in [-0.05, 0) is 18.1 Å². The van der Waals surface area contributed by atoms with Gasteiger partial charge in [-0.3, -0.25) is 4.79 Å². The van der Waals surface area contributed by atoms with Gasteiger partial charge in [0.2, 0.25) is 5.91 Å². The first-order chi connectivity index (χ1) is 10.5. The Morgan fingerprint density at radius 3 is 1.83 bits per heavy atom. The van der Waals surface area contributed by atoms with Crippen molar-refractivity contribution in [2.75, 3.05) is 7.05 Å². The first kappa shape index (κ1) is 19.2. The highest BCUT2D eigenvalue weighted by Gasteiger charge is 2.27. The fourth-order valence-corrected chi connectivity index (χ4v) is 2.58. The maximum absolute atomic E-state index is 12.7. The molecular weight excluding hydrogens is 308 g/mol. The van der Waals surface area contributed by atoms with Gasteiger partial charge in [-0.15, -0.1) is 12.4 Å². The van der Waals surface area contributed by atoms with E-state index in [9.17, 15) is 4.79 Å². The molecule has 1 amide bonds. The topological polar surface area (TPSA) is 46.3 Å². The van der Waals surface area contributed by atoms with Gasteiger partial charge in [-0.2, -0.15) is 0 Å². The molecule has 3 nitrogen and oxygen atoms in total. The second-order valence-electron chi connectivity index (χ2n) is 5.76. The van der Waals surface area contributed by atoms with Crippen molar-refractivity contribution in [3.05, 3.63) is 71.8 Å². The molecule has 0 radical (unpaired) electrons. The van der Waals surface area contributed by atoms with Crippen LogP contribution in [0.15, 0.2) is 60.7 Å². The van der Waals surface area contributed by atoms with Crippen LogP contribution in [0.3, 0.4) is 0 Å². The summed E-state index contributed by atoms with van der Waals surface area (Å²) in [5, 5.41) is 0. The predicted octanol–water partition coefficient (Wildman–Crippen LogP) is 3.96. The van der Waals surface area contributed by atoms with Crippen LogP contribution < -0.4 is 5.73 Å². The molecule has 0 aliphatic carbocycles. The van der Waals surface area contributed by atoms with Gasteiger partial charge in [0.25, 0.3) is 0 Å². The van der Waals surface area contributed by atoms with Crippen LogP contribution in [0.5, 0.6) is 0 Å². The van der Waals surface area contributed by atoms with Crippen LogP contribution in [0, 0.1) is 5.92 Å². The largest absolute Gasteiger partial charge is 0.339 e. The summed E-state index contributed by atoms with van der Waals surface area (Å²) in [7, 11) is 1.84. The number of hydrogen-bond donors (Lipinski definition) is 1. The van der Waals surface area contributed by atoms with Gasteiger partial charge in [0.15, 0.2) is 0 Å². The third kappa shape index (κ3) is 4.57. The van der Waals surface area contributed by atoms with E-state index in [0.29, 0.717) is 0 Å². The Balaban J connectivity index is 0.00000264. The molecule has 3 unspecified atom stereocenters. The maximum Gasteiger partial charge on any atom is 0.227 e. The SMILES string of the molecule is CC(C(=O)N(C)C(C)c1ccccc1)C(N)c1ccccc1.Cl. The van der Waals surface area contributed by atoms with Gasteiger partial charge in [-0.1, -0.05) is 67.6 Å². The molecule has 2 aromatic carbocycles. The minimum atomic E-state index is -0.292. The third-order valence-electron chi connectivity index (χ3n) is 4.32. The molecular formula is C19H25ClN2O. The number of benzene rings is 2. The Morgan fingerprint density at radius 2 is 1.35 bits per heavy atom. The monoisotopic (exact) mass is 332 g/mol. The average Bonchev–Trinajstić information content (AvgIpc) is 2.60. The molecule has 0 fully saturated rings. The van der Waals surface area contributed by atoms with Crippen LogP contribution in [0.4, 0.5) is 0 Å². The van der Waals surface area contributed by atoms with Crippen LogP contribution in [0.1, 0.15) is 37.1 Å². The van der Waals surface area contributed by atoms with Crippen LogP contribution in [0.25, 0.3) is 0 Å². The molecule has 2 aromatic rings. The van der Waals surface area contributed by atoms with E-state index in [4.69, 9.17) is 5.73 Å². The Labute approximate surface area is 144 Å². The molecule has 0 aromatic heterocycles. The summed E-state index contributed by atoms with van der Waals surface area (Å²) in [4.78, 5) is 14.5. The smallest absolute Gasteiger partial charge is 0.227 e. The summed E-state index contributed by atoms with van der Waals surface area (Å²) >= 11 is 0. The number of carbonyl (C=O) groups is 1. The third-order valence-corrected chi connectivity index (χ3v) is 4.32. The molecule has 2 rings (SSSR count). The van der Waals surface area contributed by atoms with Gasteiger partial charge in [0, 0.05) is 13.1 Å². The van der Waals surface area contributed by atoms with Crippen molar-refractivity contribution in [1.29, 1.82) is 0 Å². The van der Waals surface area contributed by atoms with Gasteiger partial charge in [0.1, 0.15) is 0 Å². The Morgan fingerprint density at radius 1 is 0.913 bits per heavy atom. The summed E-state index contributed by atoms with van der Waals surface area (Å²) in [6.45, 7) is 3.93. The fourth-order valence-electron chi connectivity index (χ4n) is 2.58. The highest BCUT2D eigenvalue weighted by molar-refractivity contribution is 5.85. The molecule has 0 spiro atoms. The lowest BCUT2D eigenvalue weighted by Crippen LogP contribution is -2.38. The van der Waals surface area contributed by atoms with Crippen molar-refractivity contribution < 1.29 is 4.79 Å². The quantitative estimate of drug-likeness (QED) is 0.900. The zero-order chi connectivity index (χ0) is 16.1. The van der Waals surface area contributed by atoms with E-state index in [2.05, 4.69) is 0 Å². The Bertz CT molecular complexity index is 550. The summed E-state index contributed by atoms with van der Waals surface area (Å²) in [6.07, 6.45) is 0. The van der Waals surface area contributed by atoms with E-state index in [0.717, 1.165) is 11.1 Å². The summed E-state index contributed by atoms with van der Waals surface area (Å²) in [5.74, 6) is -0.203. The molecule has 2 N–H and O–H groups in total. The number of amides is 1. The number of carbonyl (C=O) groups excluding carboxylic acids is 1. The molecule has 124 valence electrons. The molecule has 0 bridgehead atoms. The van der Waals surface area contributed by atoms with Gasteiger partial charge in [0.05, 0.1) is 12.0 Å². The predicted molar refractivity (Wildman–Crippen MR) is 97.4 cm³/mol. The molecule has 0 heterocycles. The Kier molecular flexibility index (Phi) is 7.27. The average molecular weight is 333 g/mol. The standard InChI is InChI=1S/C19H24N2O.ClH/c1-14(18(20)17-12-8-5-9-13-17)19(22)21(3)15(2)16-10-6-4-7-11-16;/h4-15,18H,20H2,1-3H3;1H. The number of hydrogen-bond acceptors (Lipinski definition) is 2. The zero-order valence-corrected chi connectivity index (χ0v) is 14.7. The summed E-state index contributed by atoms with van der Waals surface area (Å²) < 4.78 is 0. The molecule has 3 atom stereocenters. The lowest BCUT2D eigenvalue weighted by molar-refractivity contribution is -0.136. The summed E-state index contributed by atoms with van der Waals surface area (Å²) in [6, 6.07) is 19.5. The lowest BCUT2D eigenvalue weighted by atomic mass is 9.93. The Hall–Kier alpha value is -1.84. The lowest BCUT2D eigenvalue weighted by Gasteiger charge is -2.30. The van der Waals surface area contributed by atoms with Crippen LogP contribution in [-0.4, -0.2) is 17.9 Å². The summed E-state index contributed by atoms with van der Waals surface area (Å²) in [5.41, 5.74) is 8.38. The molecule has 4 heteroatoms. The molecule has 23 heavy (non-hydrogen) atoms. The first-order valence-corrected chi connectivity index (χ1v) is 7.64. The normalized spacial score (nSPS) is 14.3. The van der Waals surface area contributed by atoms with Crippen molar-refractivity contribution in [3.8, 4) is 0 Å². The van der Waals surface area contributed by atoms with E-state index in [1.54, 1.807) is 4.90 Å². The molecule has 0 saturated heterocycles. The second kappa shape index (κ2) is 8.70. The van der Waals surface area contributed by atoms with Crippen molar-refractivity contribution >= 4 is 18.3 Å². The van der Waals surface area contributed by atoms with E-state index >= 15 is 0 Å².